The number of pyridine rings is 1. The van der Waals surface area contributed by atoms with Crippen LogP contribution in [-0.2, 0) is 20.7 Å². The lowest BCUT2D eigenvalue weighted by Crippen LogP contribution is -2.15. The van der Waals surface area contributed by atoms with E-state index in [-0.39, 0.29) is 18.9 Å². The topological polar surface area (TPSA) is 77.5 Å². The number of aromatic nitrogens is 1. The van der Waals surface area contributed by atoms with Crippen molar-refractivity contribution in [3.8, 4) is 5.75 Å². The van der Waals surface area contributed by atoms with Gasteiger partial charge in [0.1, 0.15) is 5.75 Å². The molecule has 26 heavy (non-hydrogen) atoms. The van der Waals surface area contributed by atoms with Crippen molar-refractivity contribution in [1.29, 1.82) is 0 Å². The number of methoxy groups -OCH3 is 1. The van der Waals surface area contributed by atoms with Crippen molar-refractivity contribution >= 4 is 28.5 Å². The highest BCUT2D eigenvalue weighted by molar-refractivity contribution is 5.95. The zero-order valence-corrected chi connectivity index (χ0v) is 14.3. The summed E-state index contributed by atoms with van der Waals surface area (Å²) in [5.74, 6) is -0.0656. The van der Waals surface area contributed by atoms with Gasteiger partial charge in [-0.3, -0.25) is 9.78 Å². The fourth-order valence-electron chi connectivity index (χ4n) is 2.52. The van der Waals surface area contributed by atoms with Crippen LogP contribution in [-0.4, -0.2) is 30.6 Å². The molecule has 0 aliphatic carbocycles. The molecule has 0 saturated carbocycles. The second-order valence-corrected chi connectivity index (χ2v) is 5.61. The van der Waals surface area contributed by atoms with Crippen molar-refractivity contribution in [2.45, 2.75) is 6.42 Å². The van der Waals surface area contributed by atoms with E-state index in [4.69, 9.17) is 4.74 Å². The average molecular weight is 350 g/mol. The molecule has 1 aromatic heterocycles. The molecule has 0 spiro atoms. The normalized spacial score (nSPS) is 10.3. The lowest BCUT2D eigenvalue weighted by molar-refractivity contribution is -0.142. The Bertz CT molecular complexity index is 917. The molecule has 3 rings (SSSR count). The quantitative estimate of drug-likeness (QED) is 0.692. The molecule has 0 radical (unpaired) electrons. The van der Waals surface area contributed by atoms with Gasteiger partial charge in [-0.15, -0.1) is 0 Å². The minimum absolute atomic E-state index is 0.133. The Morgan fingerprint density at radius 3 is 2.58 bits per heavy atom. The first kappa shape index (κ1) is 17.4. The summed E-state index contributed by atoms with van der Waals surface area (Å²) >= 11 is 0. The molecule has 0 aliphatic heterocycles. The first-order valence-electron chi connectivity index (χ1n) is 8.08. The number of esters is 1. The number of ether oxygens (including phenoxy) is 2. The van der Waals surface area contributed by atoms with E-state index in [0.29, 0.717) is 11.4 Å². The predicted octanol–water partition coefficient (Wildman–Crippen LogP) is 2.97. The van der Waals surface area contributed by atoms with E-state index in [1.165, 1.54) is 7.11 Å². The number of nitrogens with one attached hydrogen (secondary N) is 1. The zero-order chi connectivity index (χ0) is 18.4. The summed E-state index contributed by atoms with van der Waals surface area (Å²) in [5.41, 5.74) is 2.35. The number of amides is 1. The maximum Gasteiger partial charge on any atom is 0.343 e. The highest BCUT2D eigenvalue weighted by Gasteiger charge is 2.08. The van der Waals surface area contributed by atoms with Crippen molar-refractivity contribution in [2.75, 3.05) is 19.0 Å². The van der Waals surface area contributed by atoms with E-state index >= 15 is 0 Å². The fraction of sp³-hybridized carbons (Fsp3) is 0.150. The third-order valence-corrected chi connectivity index (χ3v) is 3.79. The third kappa shape index (κ3) is 4.36. The summed E-state index contributed by atoms with van der Waals surface area (Å²) in [7, 11) is 1.30. The monoisotopic (exact) mass is 350 g/mol. The van der Waals surface area contributed by atoms with Gasteiger partial charge in [0.15, 0.2) is 6.61 Å². The third-order valence-electron chi connectivity index (χ3n) is 3.79. The van der Waals surface area contributed by atoms with E-state index in [0.717, 1.165) is 16.5 Å². The van der Waals surface area contributed by atoms with E-state index in [1.54, 1.807) is 30.5 Å². The summed E-state index contributed by atoms with van der Waals surface area (Å²) in [6.45, 7) is -0.156. The number of fused-ring (bicyclic) bond motifs is 1. The minimum Gasteiger partial charge on any atom is -0.482 e. The molecule has 1 heterocycles. The first-order valence-corrected chi connectivity index (χ1v) is 8.08. The van der Waals surface area contributed by atoms with Crippen LogP contribution in [0.15, 0.2) is 60.8 Å². The number of carbonyl (C=O) groups excluding carboxylic acids is 2. The van der Waals surface area contributed by atoms with Gasteiger partial charge in [-0.25, -0.2) is 4.79 Å². The van der Waals surface area contributed by atoms with Crippen LogP contribution in [0, 0.1) is 0 Å². The van der Waals surface area contributed by atoms with Gasteiger partial charge in [-0.05, 0) is 35.9 Å². The Labute approximate surface area is 150 Å². The van der Waals surface area contributed by atoms with Crippen LogP contribution < -0.4 is 10.1 Å². The highest BCUT2D eigenvalue weighted by Crippen LogP contribution is 2.18. The van der Waals surface area contributed by atoms with E-state index in [9.17, 15) is 9.59 Å². The molecule has 1 amide bonds. The Hall–Kier alpha value is -3.41. The van der Waals surface area contributed by atoms with Crippen LogP contribution in [0.3, 0.4) is 0 Å². The summed E-state index contributed by atoms with van der Waals surface area (Å²) < 4.78 is 9.78. The first-order chi connectivity index (χ1) is 12.7. The second kappa shape index (κ2) is 8.11. The molecule has 0 bridgehead atoms. The Balaban J connectivity index is 1.62. The van der Waals surface area contributed by atoms with Gasteiger partial charge in [0, 0.05) is 17.3 Å². The largest absolute Gasteiger partial charge is 0.482 e. The SMILES string of the molecule is COC(=O)COc1ccc(NC(=O)Cc2cccc3cccnc23)cc1. The van der Waals surface area contributed by atoms with E-state index in [2.05, 4.69) is 15.0 Å². The van der Waals surface area contributed by atoms with Crippen LogP contribution in [0.1, 0.15) is 5.56 Å². The van der Waals surface area contributed by atoms with Gasteiger partial charge in [0.2, 0.25) is 5.91 Å². The summed E-state index contributed by atoms with van der Waals surface area (Å²) in [5, 5.41) is 3.85. The molecule has 2 aromatic carbocycles. The molecule has 6 heteroatoms. The molecule has 132 valence electrons. The Morgan fingerprint density at radius 1 is 1.04 bits per heavy atom. The van der Waals surface area contributed by atoms with E-state index < -0.39 is 5.97 Å². The van der Waals surface area contributed by atoms with Gasteiger partial charge in [-0.2, -0.15) is 0 Å². The summed E-state index contributed by atoms with van der Waals surface area (Å²) in [6, 6.07) is 16.4. The summed E-state index contributed by atoms with van der Waals surface area (Å²) in [4.78, 5) is 27.7. The van der Waals surface area contributed by atoms with Crippen LogP contribution in [0.25, 0.3) is 10.9 Å². The predicted molar refractivity (Wildman–Crippen MR) is 98.0 cm³/mol. The molecule has 3 aromatic rings. The molecule has 0 atom stereocenters. The molecule has 0 unspecified atom stereocenters. The van der Waals surface area contributed by atoms with Crippen molar-refractivity contribution in [2.24, 2.45) is 0 Å². The zero-order valence-electron chi connectivity index (χ0n) is 14.3. The van der Waals surface area contributed by atoms with Crippen molar-refractivity contribution < 1.29 is 19.1 Å². The van der Waals surface area contributed by atoms with Crippen LogP contribution in [0.2, 0.25) is 0 Å². The number of nitrogens with zero attached hydrogens (tertiary/aromatic N) is 1. The number of para-hydroxylation sites is 1. The number of carbonyl (C=O) groups is 2. The second-order valence-electron chi connectivity index (χ2n) is 5.61. The van der Waals surface area contributed by atoms with Crippen molar-refractivity contribution in [3.05, 3.63) is 66.4 Å². The van der Waals surface area contributed by atoms with Gasteiger partial charge in [-0.1, -0.05) is 24.3 Å². The summed E-state index contributed by atoms with van der Waals surface area (Å²) in [6.07, 6.45) is 1.95. The highest BCUT2D eigenvalue weighted by atomic mass is 16.6. The minimum atomic E-state index is -0.453. The maximum absolute atomic E-state index is 12.3. The van der Waals surface area contributed by atoms with Crippen molar-refractivity contribution in [1.82, 2.24) is 4.98 Å². The van der Waals surface area contributed by atoms with Crippen LogP contribution >= 0.6 is 0 Å². The molecule has 6 nitrogen and oxygen atoms in total. The number of hydrogen-bond donors (Lipinski definition) is 1. The van der Waals surface area contributed by atoms with Gasteiger partial charge >= 0.3 is 5.97 Å². The Kier molecular flexibility index (Phi) is 5.43. The van der Waals surface area contributed by atoms with E-state index in [1.807, 2.05) is 30.3 Å². The molecular weight excluding hydrogens is 332 g/mol. The van der Waals surface area contributed by atoms with Crippen LogP contribution in [0.4, 0.5) is 5.69 Å². The molecule has 0 fully saturated rings. The Morgan fingerprint density at radius 2 is 1.81 bits per heavy atom. The number of benzene rings is 2. The molecular formula is C20H18N2O4. The number of rotatable bonds is 6. The fourth-order valence-corrected chi connectivity index (χ4v) is 2.52. The van der Waals surface area contributed by atoms with Gasteiger partial charge < -0.3 is 14.8 Å². The number of hydrogen-bond acceptors (Lipinski definition) is 5. The molecule has 0 aliphatic rings. The number of anilines is 1. The lowest BCUT2D eigenvalue weighted by atomic mass is 10.1. The average Bonchev–Trinajstić information content (AvgIpc) is 2.67. The lowest BCUT2D eigenvalue weighted by Gasteiger charge is -2.09. The van der Waals surface area contributed by atoms with Crippen LogP contribution in [0.5, 0.6) is 5.75 Å². The van der Waals surface area contributed by atoms with Gasteiger partial charge in [0.25, 0.3) is 0 Å². The van der Waals surface area contributed by atoms with Crippen molar-refractivity contribution in [3.63, 3.8) is 0 Å². The standard InChI is InChI=1S/C20H18N2O4/c1-25-19(24)13-26-17-9-7-16(8-10-17)22-18(23)12-15-5-2-4-14-6-3-11-21-20(14)15/h2-11H,12-13H2,1H3,(H,22,23). The molecule has 0 saturated heterocycles. The smallest absolute Gasteiger partial charge is 0.343 e. The van der Waals surface area contributed by atoms with Gasteiger partial charge in [0.05, 0.1) is 19.0 Å². The maximum atomic E-state index is 12.3. The molecule has 1 N–H and O–H groups in total.